The summed E-state index contributed by atoms with van der Waals surface area (Å²) in [5.74, 6) is 1.64. The van der Waals surface area contributed by atoms with Crippen LogP contribution < -0.4 is 14.8 Å². The maximum absolute atomic E-state index is 12.8. The fourth-order valence-corrected chi connectivity index (χ4v) is 3.63. The predicted molar refractivity (Wildman–Crippen MR) is 112 cm³/mol. The van der Waals surface area contributed by atoms with Crippen LogP contribution in [-0.2, 0) is 17.8 Å². The Hall–Kier alpha value is -2.57. The van der Waals surface area contributed by atoms with Crippen molar-refractivity contribution < 1.29 is 19.0 Å². The van der Waals surface area contributed by atoms with Crippen molar-refractivity contribution in [2.45, 2.75) is 39.1 Å². The fourth-order valence-electron chi connectivity index (χ4n) is 3.63. The highest BCUT2D eigenvalue weighted by Gasteiger charge is 2.26. The van der Waals surface area contributed by atoms with Crippen molar-refractivity contribution in [2.24, 2.45) is 0 Å². The summed E-state index contributed by atoms with van der Waals surface area (Å²) in [5.41, 5.74) is 2.90. The maximum Gasteiger partial charge on any atom is 0.254 e. The predicted octanol–water partition coefficient (Wildman–Crippen LogP) is 3.24. The van der Waals surface area contributed by atoms with Crippen LogP contribution in [0.25, 0.3) is 0 Å². The molecule has 0 bridgehead atoms. The number of rotatable bonds is 7. The molecular formula is C23H30N2O4. The van der Waals surface area contributed by atoms with E-state index >= 15 is 0 Å². The summed E-state index contributed by atoms with van der Waals surface area (Å²) in [4.78, 5) is 14.6. The Morgan fingerprint density at radius 1 is 1.03 bits per heavy atom. The van der Waals surface area contributed by atoms with Gasteiger partial charge in [-0.2, -0.15) is 0 Å². The highest BCUT2D eigenvalue weighted by Crippen LogP contribution is 2.24. The molecule has 3 rings (SSSR count). The van der Waals surface area contributed by atoms with Crippen molar-refractivity contribution in [1.29, 1.82) is 0 Å². The van der Waals surface area contributed by atoms with Gasteiger partial charge in [-0.05, 0) is 37.6 Å². The molecule has 0 aromatic heterocycles. The van der Waals surface area contributed by atoms with Gasteiger partial charge < -0.3 is 24.4 Å². The van der Waals surface area contributed by atoms with Crippen LogP contribution in [0.1, 0.15) is 35.3 Å². The van der Waals surface area contributed by atoms with Crippen LogP contribution in [0.5, 0.6) is 11.5 Å². The van der Waals surface area contributed by atoms with E-state index in [-0.39, 0.29) is 18.1 Å². The normalized spacial score (nSPS) is 19.1. The molecule has 0 saturated carbocycles. The van der Waals surface area contributed by atoms with Crippen LogP contribution in [0.2, 0.25) is 0 Å². The molecule has 0 spiro atoms. The largest absolute Gasteiger partial charge is 0.497 e. The summed E-state index contributed by atoms with van der Waals surface area (Å²) in [5, 5.41) is 3.42. The van der Waals surface area contributed by atoms with Gasteiger partial charge in [0.15, 0.2) is 0 Å². The van der Waals surface area contributed by atoms with Crippen molar-refractivity contribution in [3.63, 3.8) is 0 Å². The minimum absolute atomic E-state index is 0.0643. The first-order chi connectivity index (χ1) is 14.0. The summed E-state index contributed by atoms with van der Waals surface area (Å²) in [6.07, 6.45) is 0.141. The number of hydrogen-bond donors (Lipinski definition) is 1. The Labute approximate surface area is 172 Å². The Bertz CT molecular complexity index is 812. The number of morpholine rings is 1. The lowest BCUT2D eigenvalue weighted by Crippen LogP contribution is -2.48. The van der Waals surface area contributed by atoms with Gasteiger partial charge in [0.25, 0.3) is 5.91 Å². The molecular weight excluding hydrogens is 368 g/mol. The lowest BCUT2D eigenvalue weighted by Gasteiger charge is -2.35. The molecule has 1 aliphatic rings. The van der Waals surface area contributed by atoms with E-state index in [0.717, 1.165) is 22.6 Å². The molecule has 1 saturated heterocycles. The number of amides is 1. The molecule has 6 heteroatoms. The highest BCUT2D eigenvalue weighted by atomic mass is 16.5. The van der Waals surface area contributed by atoms with Gasteiger partial charge >= 0.3 is 0 Å². The van der Waals surface area contributed by atoms with E-state index in [0.29, 0.717) is 31.7 Å². The van der Waals surface area contributed by atoms with Gasteiger partial charge in [0.1, 0.15) is 11.5 Å². The molecule has 6 nitrogen and oxygen atoms in total. The molecule has 0 aliphatic carbocycles. The van der Waals surface area contributed by atoms with E-state index in [4.69, 9.17) is 14.2 Å². The van der Waals surface area contributed by atoms with Gasteiger partial charge in [-0.15, -0.1) is 0 Å². The van der Waals surface area contributed by atoms with Crippen molar-refractivity contribution >= 4 is 5.91 Å². The van der Waals surface area contributed by atoms with Crippen molar-refractivity contribution in [2.75, 3.05) is 27.3 Å². The molecule has 29 heavy (non-hydrogen) atoms. The van der Waals surface area contributed by atoms with E-state index in [1.807, 2.05) is 61.2 Å². The van der Waals surface area contributed by atoms with Gasteiger partial charge in [-0.25, -0.2) is 0 Å². The Kier molecular flexibility index (Phi) is 7.12. The van der Waals surface area contributed by atoms with Crippen LogP contribution in [0.15, 0.2) is 42.5 Å². The van der Waals surface area contributed by atoms with Crippen LogP contribution in [0.3, 0.4) is 0 Å². The third kappa shape index (κ3) is 5.49. The fraction of sp³-hybridized carbons (Fsp3) is 0.435. The van der Waals surface area contributed by atoms with E-state index in [1.165, 1.54) is 0 Å². The number of carbonyl (C=O) groups excluding carboxylic acids is 1. The molecule has 1 fully saturated rings. The number of methoxy groups -OCH3 is 2. The zero-order chi connectivity index (χ0) is 20.8. The average molecular weight is 399 g/mol. The second-order valence-electron chi connectivity index (χ2n) is 7.45. The van der Waals surface area contributed by atoms with Crippen LogP contribution in [-0.4, -0.2) is 50.3 Å². The number of nitrogens with one attached hydrogen (secondary N) is 1. The van der Waals surface area contributed by atoms with Crippen LogP contribution in [0.4, 0.5) is 0 Å². The van der Waals surface area contributed by atoms with Crippen LogP contribution >= 0.6 is 0 Å². The molecule has 156 valence electrons. The first-order valence-electron chi connectivity index (χ1n) is 9.95. The highest BCUT2D eigenvalue weighted by molar-refractivity contribution is 5.94. The number of carbonyl (C=O) groups is 1. The average Bonchev–Trinajstić information content (AvgIpc) is 2.73. The van der Waals surface area contributed by atoms with Gasteiger partial charge in [-0.3, -0.25) is 4.79 Å². The zero-order valence-electron chi connectivity index (χ0n) is 17.6. The first-order valence-corrected chi connectivity index (χ1v) is 9.95. The number of nitrogens with zero attached hydrogens (tertiary/aromatic N) is 1. The van der Waals surface area contributed by atoms with E-state index in [1.54, 1.807) is 14.2 Å². The number of ether oxygens (including phenoxy) is 3. The Morgan fingerprint density at radius 2 is 1.72 bits per heavy atom. The topological polar surface area (TPSA) is 60.0 Å². The van der Waals surface area contributed by atoms with E-state index < -0.39 is 0 Å². The van der Waals surface area contributed by atoms with E-state index in [2.05, 4.69) is 5.32 Å². The van der Waals surface area contributed by atoms with Crippen molar-refractivity contribution in [3.05, 3.63) is 59.2 Å². The smallest absolute Gasteiger partial charge is 0.254 e. The molecule has 2 atom stereocenters. The monoisotopic (exact) mass is 398 g/mol. The molecule has 0 unspecified atom stereocenters. The molecule has 0 radical (unpaired) electrons. The lowest BCUT2D eigenvalue weighted by molar-refractivity contribution is -0.0586. The van der Waals surface area contributed by atoms with Gasteiger partial charge in [-0.1, -0.05) is 18.2 Å². The van der Waals surface area contributed by atoms with Crippen molar-refractivity contribution in [1.82, 2.24) is 10.2 Å². The summed E-state index contributed by atoms with van der Waals surface area (Å²) < 4.78 is 16.4. The lowest BCUT2D eigenvalue weighted by atomic mass is 10.1. The van der Waals surface area contributed by atoms with Crippen molar-refractivity contribution in [3.8, 4) is 11.5 Å². The third-order valence-electron chi connectivity index (χ3n) is 5.05. The minimum Gasteiger partial charge on any atom is -0.497 e. The van der Waals surface area contributed by atoms with Gasteiger partial charge in [0.05, 0.1) is 26.4 Å². The standard InChI is InChI=1S/C23H30N2O4/c1-16-14-25(15-17(2)29-16)23(26)19-7-5-18(6-8-19)12-24-13-20-9-10-21(27-3)11-22(20)28-4/h5-11,16-17,24H,12-15H2,1-4H3/t16-,17-/m0/s1. The summed E-state index contributed by atoms with van der Waals surface area (Å²) >= 11 is 0. The second-order valence-corrected chi connectivity index (χ2v) is 7.45. The molecule has 1 amide bonds. The summed E-state index contributed by atoms with van der Waals surface area (Å²) in [7, 11) is 3.30. The molecule has 1 aliphatic heterocycles. The molecule has 2 aromatic carbocycles. The second kappa shape index (κ2) is 9.76. The quantitative estimate of drug-likeness (QED) is 0.776. The SMILES string of the molecule is COc1ccc(CNCc2ccc(C(=O)N3C[C@H](C)O[C@@H](C)C3)cc2)c(OC)c1. The Balaban J connectivity index is 1.55. The number of hydrogen-bond acceptors (Lipinski definition) is 5. The minimum atomic E-state index is 0.0643. The van der Waals surface area contributed by atoms with E-state index in [9.17, 15) is 4.79 Å². The van der Waals surface area contributed by atoms with Gasteiger partial charge in [0, 0.05) is 43.4 Å². The third-order valence-corrected chi connectivity index (χ3v) is 5.05. The summed E-state index contributed by atoms with van der Waals surface area (Å²) in [6, 6.07) is 13.6. The Morgan fingerprint density at radius 3 is 2.34 bits per heavy atom. The number of benzene rings is 2. The summed E-state index contributed by atoms with van der Waals surface area (Å²) in [6.45, 7) is 6.66. The first kappa shape index (κ1) is 21.1. The molecule has 1 heterocycles. The van der Waals surface area contributed by atoms with Crippen LogP contribution in [0, 0.1) is 0 Å². The van der Waals surface area contributed by atoms with Gasteiger partial charge in [0.2, 0.25) is 0 Å². The zero-order valence-corrected chi connectivity index (χ0v) is 17.6. The maximum atomic E-state index is 12.8. The molecule has 2 aromatic rings. The molecule has 1 N–H and O–H groups in total.